The highest BCUT2D eigenvalue weighted by Gasteiger charge is 2.43. The minimum Gasteiger partial charge on any atom is -0.467 e. The average molecular weight is 184 g/mol. The van der Waals surface area contributed by atoms with Gasteiger partial charge in [0.25, 0.3) is 6.47 Å². The van der Waals surface area contributed by atoms with E-state index < -0.39 is 0 Å². The van der Waals surface area contributed by atoms with E-state index in [1.807, 2.05) is 0 Å². The van der Waals surface area contributed by atoms with Gasteiger partial charge in [0.1, 0.15) is 0 Å². The summed E-state index contributed by atoms with van der Waals surface area (Å²) in [4.78, 5) is 10.2. The molecule has 0 aromatic carbocycles. The number of carbonyl (C=O) groups is 1. The van der Waals surface area contributed by atoms with E-state index in [-0.39, 0.29) is 5.41 Å². The van der Waals surface area contributed by atoms with E-state index in [0.29, 0.717) is 18.5 Å². The van der Waals surface area contributed by atoms with E-state index in [0.717, 1.165) is 0 Å². The maximum Gasteiger partial charge on any atom is 0.293 e. The van der Waals surface area contributed by atoms with E-state index in [1.165, 1.54) is 25.7 Å². The van der Waals surface area contributed by atoms with E-state index >= 15 is 0 Å². The van der Waals surface area contributed by atoms with Crippen molar-refractivity contribution in [2.45, 2.75) is 46.5 Å². The lowest BCUT2D eigenvalue weighted by molar-refractivity contribution is -0.136. The maximum absolute atomic E-state index is 10.2. The molecule has 1 saturated carbocycles. The summed E-state index contributed by atoms with van der Waals surface area (Å²) in [6.07, 6.45) is 4.99. The van der Waals surface area contributed by atoms with Crippen LogP contribution in [0, 0.1) is 10.8 Å². The number of hydrogen-bond donors (Lipinski definition) is 0. The summed E-state index contributed by atoms with van der Waals surface area (Å²) in [6.45, 7) is 7.93. The van der Waals surface area contributed by atoms with Gasteiger partial charge in [0.05, 0.1) is 6.61 Å². The molecule has 1 aliphatic carbocycles. The lowest BCUT2D eigenvalue weighted by Crippen LogP contribution is -2.41. The third-order valence-corrected chi connectivity index (χ3v) is 3.88. The third-order valence-electron chi connectivity index (χ3n) is 3.88. The van der Waals surface area contributed by atoms with Crippen molar-refractivity contribution in [1.82, 2.24) is 0 Å². The van der Waals surface area contributed by atoms with Crippen LogP contribution in [0.1, 0.15) is 46.5 Å². The number of ether oxygens (including phenoxy) is 1. The van der Waals surface area contributed by atoms with Crippen LogP contribution in [-0.4, -0.2) is 13.1 Å². The zero-order valence-corrected chi connectivity index (χ0v) is 8.93. The molecule has 0 aliphatic heterocycles. The number of rotatable bonds is 3. The van der Waals surface area contributed by atoms with Gasteiger partial charge in [-0.2, -0.15) is 0 Å². The standard InChI is InChI=1S/C11H20O2/c1-10(2)6-4-5-7-11(10,3)8-13-9-12/h9H,4-8H2,1-3H3. The molecule has 1 rings (SSSR count). The predicted octanol–water partition coefficient (Wildman–Crippen LogP) is 2.77. The Kier molecular flexibility index (Phi) is 2.99. The van der Waals surface area contributed by atoms with E-state index in [4.69, 9.17) is 4.74 Å². The minimum absolute atomic E-state index is 0.173. The molecule has 2 heteroatoms. The van der Waals surface area contributed by atoms with Gasteiger partial charge in [0.2, 0.25) is 0 Å². The quantitative estimate of drug-likeness (QED) is 0.630. The monoisotopic (exact) mass is 184 g/mol. The molecular formula is C11H20O2. The third kappa shape index (κ3) is 2.04. The molecule has 76 valence electrons. The fourth-order valence-corrected chi connectivity index (χ4v) is 2.21. The van der Waals surface area contributed by atoms with Crippen LogP contribution >= 0.6 is 0 Å². The maximum atomic E-state index is 10.2. The van der Waals surface area contributed by atoms with Crippen molar-refractivity contribution < 1.29 is 9.53 Å². The van der Waals surface area contributed by atoms with Crippen LogP contribution in [0.25, 0.3) is 0 Å². The summed E-state index contributed by atoms with van der Waals surface area (Å²) in [6, 6.07) is 0. The van der Waals surface area contributed by atoms with Gasteiger partial charge in [-0.05, 0) is 18.3 Å². The number of carbonyl (C=O) groups excluding carboxylic acids is 1. The molecular weight excluding hydrogens is 164 g/mol. The Labute approximate surface area is 80.7 Å². The topological polar surface area (TPSA) is 26.3 Å². The largest absolute Gasteiger partial charge is 0.467 e. The molecule has 0 radical (unpaired) electrons. The van der Waals surface area contributed by atoms with Crippen molar-refractivity contribution in [3.63, 3.8) is 0 Å². The van der Waals surface area contributed by atoms with Crippen molar-refractivity contribution in [3.8, 4) is 0 Å². The Morgan fingerprint density at radius 3 is 2.38 bits per heavy atom. The summed E-state index contributed by atoms with van der Waals surface area (Å²) in [5, 5.41) is 0. The van der Waals surface area contributed by atoms with Crippen LogP contribution < -0.4 is 0 Å². The smallest absolute Gasteiger partial charge is 0.293 e. The molecule has 1 unspecified atom stereocenters. The summed E-state index contributed by atoms with van der Waals surface area (Å²) in [5.41, 5.74) is 0.473. The first-order valence-electron chi connectivity index (χ1n) is 5.07. The van der Waals surface area contributed by atoms with Crippen molar-refractivity contribution in [3.05, 3.63) is 0 Å². The van der Waals surface area contributed by atoms with Crippen molar-refractivity contribution in [2.75, 3.05) is 6.61 Å². The van der Waals surface area contributed by atoms with E-state index in [1.54, 1.807) is 0 Å². The molecule has 0 heterocycles. The Hall–Kier alpha value is -0.530. The molecule has 0 spiro atoms. The van der Waals surface area contributed by atoms with Crippen molar-refractivity contribution in [2.24, 2.45) is 10.8 Å². The second-order valence-electron chi connectivity index (χ2n) is 5.06. The highest BCUT2D eigenvalue weighted by Crippen LogP contribution is 2.49. The minimum atomic E-state index is 0.173. The summed E-state index contributed by atoms with van der Waals surface area (Å²) in [7, 11) is 0. The van der Waals surface area contributed by atoms with Crippen molar-refractivity contribution in [1.29, 1.82) is 0 Å². The molecule has 1 fully saturated rings. The van der Waals surface area contributed by atoms with Gasteiger partial charge in [-0.1, -0.05) is 33.6 Å². The summed E-state index contributed by atoms with van der Waals surface area (Å²) < 4.78 is 4.93. The average Bonchev–Trinajstić information content (AvgIpc) is 2.07. The summed E-state index contributed by atoms with van der Waals surface area (Å²) >= 11 is 0. The molecule has 2 nitrogen and oxygen atoms in total. The molecule has 0 bridgehead atoms. The van der Waals surface area contributed by atoms with Crippen LogP contribution in [0.5, 0.6) is 0 Å². The second kappa shape index (κ2) is 3.69. The van der Waals surface area contributed by atoms with E-state index in [2.05, 4.69) is 20.8 Å². The van der Waals surface area contributed by atoms with Gasteiger partial charge < -0.3 is 4.74 Å². The molecule has 0 N–H and O–H groups in total. The molecule has 1 aliphatic rings. The van der Waals surface area contributed by atoms with Gasteiger partial charge in [-0.3, -0.25) is 4.79 Å². The number of hydrogen-bond acceptors (Lipinski definition) is 2. The zero-order valence-electron chi connectivity index (χ0n) is 8.93. The Balaban J connectivity index is 2.65. The van der Waals surface area contributed by atoms with E-state index in [9.17, 15) is 4.79 Å². The SMILES string of the molecule is CC1(C)CCCCC1(C)COC=O. The fraction of sp³-hybridized carbons (Fsp3) is 0.909. The van der Waals surface area contributed by atoms with Crippen LogP contribution in [-0.2, 0) is 9.53 Å². The highest BCUT2D eigenvalue weighted by atomic mass is 16.5. The van der Waals surface area contributed by atoms with Gasteiger partial charge in [0, 0.05) is 5.41 Å². The lowest BCUT2D eigenvalue weighted by atomic mass is 9.59. The normalized spacial score (nSPS) is 32.5. The molecule has 0 saturated heterocycles. The predicted molar refractivity (Wildman–Crippen MR) is 52.4 cm³/mol. The highest BCUT2D eigenvalue weighted by molar-refractivity contribution is 5.37. The van der Waals surface area contributed by atoms with Gasteiger partial charge in [-0.25, -0.2) is 0 Å². The molecule has 0 aromatic rings. The van der Waals surface area contributed by atoms with Crippen LogP contribution in [0.3, 0.4) is 0 Å². The first-order valence-corrected chi connectivity index (χ1v) is 5.07. The first-order chi connectivity index (χ1) is 6.02. The van der Waals surface area contributed by atoms with Gasteiger partial charge in [-0.15, -0.1) is 0 Å². The molecule has 0 amide bonds. The zero-order chi connectivity index (χ0) is 9.95. The Morgan fingerprint density at radius 2 is 1.85 bits per heavy atom. The summed E-state index contributed by atoms with van der Waals surface area (Å²) in [5.74, 6) is 0. The van der Waals surface area contributed by atoms with Crippen LogP contribution in [0.4, 0.5) is 0 Å². The fourth-order valence-electron chi connectivity index (χ4n) is 2.21. The first kappa shape index (κ1) is 10.6. The van der Waals surface area contributed by atoms with Gasteiger partial charge in [0.15, 0.2) is 0 Å². The van der Waals surface area contributed by atoms with Crippen LogP contribution in [0.15, 0.2) is 0 Å². The second-order valence-corrected chi connectivity index (χ2v) is 5.06. The molecule has 13 heavy (non-hydrogen) atoms. The lowest BCUT2D eigenvalue weighted by Gasteiger charge is -2.47. The Bertz CT molecular complexity index is 187. The van der Waals surface area contributed by atoms with Crippen LogP contribution in [0.2, 0.25) is 0 Å². The molecule has 1 atom stereocenters. The van der Waals surface area contributed by atoms with Crippen molar-refractivity contribution >= 4 is 6.47 Å². The molecule has 0 aromatic heterocycles. The Morgan fingerprint density at radius 1 is 1.23 bits per heavy atom. The van der Waals surface area contributed by atoms with Gasteiger partial charge >= 0.3 is 0 Å².